The Balaban J connectivity index is 1.57. The van der Waals surface area contributed by atoms with Crippen LogP contribution < -0.4 is 19.1 Å². The SMILES string of the molecule is CC(C)CNC(=O)C(Cc1ccccc1)N(Cc1ccc(Br)cc1)C(=O)CCCN(c1ccc2c(c1)OCCO2)S(C)(=O)=O. The second kappa shape index (κ2) is 15.4. The minimum absolute atomic E-state index is 0.0514. The number of nitrogens with one attached hydrogen (secondary N) is 1. The van der Waals surface area contributed by atoms with E-state index in [2.05, 4.69) is 21.2 Å². The molecule has 0 saturated heterocycles. The van der Waals surface area contributed by atoms with Gasteiger partial charge in [0, 0.05) is 43.0 Å². The molecule has 236 valence electrons. The number of benzene rings is 3. The maximum Gasteiger partial charge on any atom is 0.243 e. The van der Waals surface area contributed by atoms with Gasteiger partial charge in [0.15, 0.2) is 11.5 Å². The topological polar surface area (TPSA) is 105 Å². The molecule has 1 atom stereocenters. The Morgan fingerprint density at radius 1 is 0.932 bits per heavy atom. The van der Waals surface area contributed by atoms with Crippen LogP contribution in [0.1, 0.15) is 37.8 Å². The third kappa shape index (κ3) is 9.46. The highest BCUT2D eigenvalue weighted by Crippen LogP contribution is 2.35. The van der Waals surface area contributed by atoms with Crippen molar-refractivity contribution in [2.24, 2.45) is 5.92 Å². The fourth-order valence-corrected chi connectivity index (χ4v) is 6.18. The van der Waals surface area contributed by atoms with Crippen LogP contribution in [0.3, 0.4) is 0 Å². The molecule has 3 aromatic rings. The van der Waals surface area contributed by atoms with E-state index in [4.69, 9.17) is 9.47 Å². The molecule has 4 rings (SSSR count). The van der Waals surface area contributed by atoms with Gasteiger partial charge in [0.05, 0.1) is 11.9 Å². The molecule has 0 aromatic heterocycles. The summed E-state index contributed by atoms with van der Waals surface area (Å²) >= 11 is 3.46. The summed E-state index contributed by atoms with van der Waals surface area (Å²) in [7, 11) is -3.66. The molecule has 0 spiro atoms. The van der Waals surface area contributed by atoms with Gasteiger partial charge in [-0.2, -0.15) is 0 Å². The molecule has 1 N–H and O–H groups in total. The number of ether oxygens (including phenoxy) is 2. The maximum atomic E-state index is 14.0. The van der Waals surface area contributed by atoms with Crippen molar-refractivity contribution >= 4 is 43.5 Å². The fourth-order valence-electron chi connectivity index (χ4n) is 4.95. The smallest absolute Gasteiger partial charge is 0.243 e. The van der Waals surface area contributed by atoms with Crippen LogP contribution in [-0.4, -0.2) is 63.7 Å². The van der Waals surface area contributed by atoms with E-state index in [1.54, 1.807) is 23.1 Å². The lowest BCUT2D eigenvalue weighted by Gasteiger charge is -2.32. The van der Waals surface area contributed by atoms with Gasteiger partial charge < -0.3 is 19.7 Å². The largest absolute Gasteiger partial charge is 0.486 e. The summed E-state index contributed by atoms with van der Waals surface area (Å²) in [4.78, 5) is 29.2. The van der Waals surface area contributed by atoms with Crippen LogP contribution in [0.5, 0.6) is 11.5 Å². The van der Waals surface area contributed by atoms with Crippen LogP contribution in [-0.2, 0) is 32.6 Å². The summed E-state index contributed by atoms with van der Waals surface area (Å²) in [5, 5.41) is 3.02. The summed E-state index contributed by atoms with van der Waals surface area (Å²) in [5.74, 6) is 0.837. The highest BCUT2D eigenvalue weighted by Gasteiger charge is 2.31. The summed E-state index contributed by atoms with van der Waals surface area (Å²) in [6.45, 7) is 5.66. The van der Waals surface area contributed by atoms with E-state index in [0.29, 0.717) is 43.4 Å². The lowest BCUT2D eigenvalue weighted by atomic mass is 10.0. The van der Waals surface area contributed by atoms with Crippen LogP contribution in [0.25, 0.3) is 0 Å². The fraction of sp³-hybridized carbons (Fsp3) is 0.394. The predicted octanol–water partition coefficient (Wildman–Crippen LogP) is 5.18. The van der Waals surface area contributed by atoms with Gasteiger partial charge >= 0.3 is 0 Å². The summed E-state index contributed by atoms with van der Waals surface area (Å²) in [6, 6.07) is 21.5. The minimum atomic E-state index is -3.66. The van der Waals surface area contributed by atoms with Gasteiger partial charge in [0.1, 0.15) is 19.3 Å². The third-order valence-electron chi connectivity index (χ3n) is 7.19. The Kier molecular flexibility index (Phi) is 11.7. The number of nitrogens with zero attached hydrogens (tertiary/aromatic N) is 2. The maximum absolute atomic E-state index is 14.0. The van der Waals surface area contributed by atoms with Crippen molar-refractivity contribution in [1.82, 2.24) is 10.2 Å². The van der Waals surface area contributed by atoms with E-state index >= 15 is 0 Å². The monoisotopic (exact) mass is 685 g/mol. The zero-order valence-corrected chi connectivity index (χ0v) is 27.8. The van der Waals surface area contributed by atoms with E-state index in [0.717, 1.165) is 21.9 Å². The molecular formula is C33H40BrN3O6S. The second-order valence-corrected chi connectivity index (χ2v) is 14.1. The van der Waals surface area contributed by atoms with Crippen LogP contribution in [0.15, 0.2) is 77.3 Å². The van der Waals surface area contributed by atoms with Gasteiger partial charge in [-0.15, -0.1) is 0 Å². The summed E-state index contributed by atoms with van der Waals surface area (Å²) in [6.07, 6.45) is 1.79. The Morgan fingerprint density at radius 3 is 2.27 bits per heavy atom. The van der Waals surface area contributed by atoms with E-state index in [9.17, 15) is 18.0 Å². The molecule has 9 nitrogen and oxygen atoms in total. The van der Waals surface area contributed by atoms with Gasteiger partial charge in [-0.25, -0.2) is 8.42 Å². The Bertz CT molecular complexity index is 1520. The zero-order valence-electron chi connectivity index (χ0n) is 25.4. The number of rotatable bonds is 14. The first-order valence-electron chi connectivity index (χ1n) is 14.7. The van der Waals surface area contributed by atoms with Crippen molar-refractivity contribution in [1.29, 1.82) is 0 Å². The van der Waals surface area contributed by atoms with E-state index in [1.807, 2.05) is 68.4 Å². The second-order valence-electron chi connectivity index (χ2n) is 11.3. The van der Waals surface area contributed by atoms with Crippen molar-refractivity contribution in [3.8, 4) is 11.5 Å². The molecule has 0 aliphatic carbocycles. The van der Waals surface area contributed by atoms with Crippen molar-refractivity contribution in [2.45, 2.75) is 45.7 Å². The first-order valence-corrected chi connectivity index (χ1v) is 17.4. The number of hydrogen-bond donors (Lipinski definition) is 1. The van der Waals surface area contributed by atoms with Crippen molar-refractivity contribution < 1.29 is 27.5 Å². The quantitative estimate of drug-likeness (QED) is 0.251. The van der Waals surface area contributed by atoms with Crippen LogP contribution >= 0.6 is 15.9 Å². The average Bonchev–Trinajstić information content (AvgIpc) is 3.00. The first kappa shape index (κ1) is 33.3. The number of hydrogen-bond acceptors (Lipinski definition) is 6. The van der Waals surface area contributed by atoms with Crippen molar-refractivity contribution in [2.75, 3.05) is 36.9 Å². The average molecular weight is 687 g/mol. The van der Waals surface area contributed by atoms with E-state index in [1.165, 1.54) is 4.31 Å². The number of carbonyl (C=O) groups is 2. The standard InChI is InChI=1S/C33H40BrN3O6S/c1-24(2)22-35-33(39)29(20-25-8-5-4-6-9-25)36(23-26-11-13-27(34)14-12-26)32(38)10-7-17-37(44(3,40)41)28-15-16-30-31(21-28)43-19-18-42-30/h4-6,8-9,11-16,21,24,29H,7,10,17-20,22-23H2,1-3H3,(H,35,39). The van der Waals surface area contributed by atoms with Crippen LogP contribution in [0.4, 0.5) is 5.69 Å². The number of carbonyl (C=O) groups excluding carboxylic acids is 2. The number of amides is 2. The molecule has 1 aliphatic heterocycles. The lowest BCUT2D eigenvalue weighted by Crippen LogP contribution is -2.51. The van der Waals surface area contributed by atoms with Gasteiger partial charge in [-0.3, -0.25) is 13.9 Å². The Hall–Kier alpha value is -3.57. The summed E-state index contributed by atoms with van der Waals surface area (Å²) in [5.41, 5.74) is 2.25. The number of fused-ring (bicyclic) bond motifs is 1. The highest BCUT2D eigenvalue weighted by atomic mass is 79.9. The van der Waals surface area contributed by atoms with Crippen molar-refractivity contribution in [3.63, 3.8) is 0 Å². The molecule has 1 aliphatic rings. The minimum Gasteiger partial charge on any atom is -0.486 e. The van der Waals surface area contributed by atoms with Crippen LogP contribution in [0.2, 0.25) is 0 Å². The number of sulfonamides is 1. The molecule has 3 aromatic carbocycles. The molecule has 1 heterocycles. The highest BCUT2D eigenvalue weighted by molar-refractivity contribution is 9.10. The van der Waals surface area contributed by atoms with E-state index < -0.39 is 16.1 Å². The van der Waals surface area contributed by atoms with Gasteiger partial charge in [0.2, 0.25) is 21.8 Å². The summed E-state index contributed by atoms with van der Waals surface area (Å²) < 4.78 is 39.0. The number of anilines is 1. The Labute approximate surface area is 268 Å². The molecule has 0 fully saturated rings. The molecule has 0 saturated carbocycles. The molecule has 2 amide bonds. The molecule has 1 unspecified atom stereocenters. The third-order valence-corrected chi connectivity index (χ3v) is 8.91. The molecular weight excluding hydrogens is 646 g/mol. The zero-order chi connectivity index (χ0) is 31.7. The predicted molar refractivity (Wildman–Crippen MR) is 175 cm³/mol. The lowest BCUT2D eigenvalue weighted by molar-refractivity contribution is -0.141. The van der Waals surface area contributed by atoms with Gasteiger partial charge in [-0.1, -0.05) is 72.2 Å². The normalized spacial score (nSPS) is 13.3. The molecule has 11 heteroatoms. The van der Waals surface area contributed by atoms with Gasteiger partial charge in [-0.05, 0) is 47.7 Å². The van der Waals surface area contributed by atoms with Crippen molar-refractivity contribution in [3.05, 3.63) is 88.4 Å². The van der Waals surface area contributed by atoms with Crippen LogP contribution in [0, 0.1) is 5.92 Å². The van der Waals surface area contributed by atoms with Gasteiger partial charge in [0.25, 0.3) is 0 Å². The van der Waals surface area contributed by atoms with E-state index in [-0.39, 0.29) is 43.7 Å². The molecule has 44 heavy (non-hydrogen) atoms. The number of halogens is 1. The first-order chi connectivity index (χ1) is 21.0. The molecule has 0 radical (unpaired) electrons. The molecule has 0 bridgehead atoms. The Morgan fingerprint density at radius 2 is 1.61 bits per heavy atom.